The van der Waals surface area contributed by atoms with Gasteiger partial charge in [-0.05, 0) is 43.6 Å². The molecule has 2 aliphatic rings. The van der Waals surface area contributed by atoms with Crippen LogP contribution in [0.15, 0.2) is 16.7 Å². The Bertz CT molecular complexity index is 404. The first-order chi connectivity index (χ1) is 9.70. The predicted octanol–water partition coefficient (Wildman–Crippen LogP) is 3.40. The van der Waals surface area contributed by atoms with Gasteiger partial charge >= 0.3 is 0 Å². The molecule has 3 nitrogen and oxygen atoms in total. The Morgan fingerprint density at radius 1 is 1.20 bits per heavy atom. The zero-order valence-corrected chi connectivity index (χ0v) is 12.9. The van der Waals surface area contributed by atoms with Crippen LogP contribution in [0.25, 0.3) is 0 Å². The summed E-state index contributed by atoms with van der Waals surface area (Å²) in [5.74, 6) is 3.08. The summed E-state index contributed by atoms with van der Waals surface area (Å²) in [7, 11) is 0. The van der Waals surface area contributed by atoms with Gasteiger partial charge in [-0.1, -0.05) is 13.8 Å². The second-order valence-corrected chi connectivity index (χ2v) is 6.99. The average molecular weight is 276 g/mol. The Labute approximate surface area is 122 Å². The lowest BCUT2D eigenvalue weighted by molar-refractivity contribution is 0.224. The van der Waals surface area contributed by atoms with E-state index >= 15 is 0 Å². The fourth-order valence-corrected chi connectivity index (χ4v) is 2.72. The summed E-state index contributed by atoms with van der Waals surface area (Å²) in [6, 6.07) is 2.64. The van der Waals surface area contributed by atoms with Gasteiger partial charge in [-0.3, -0.25) is 4.90 Å². The molecule has 0 aliphatic heterocycles. The minimum absolute atomic E-state index is 0.520. The number of hydrogen-bond donors (Lipinski definition) is 1. The molecule has 0 bridgehead atoms. The molecule has 1 heterocycles. The minimum Gasteiger partial charge on any atom is -0.468 e. The van der Waals surface area contributed by atoms with Crippen LogP contribution in [0.3, 0.4) is 0 Å². The van der Waals surface area contributed by atoms with Crippen molar-refractivity contribution in [2.75, 3.05) is 13.1 Å². The van der Waals surface area contributed by atoms with E-state index in [0.29, 0.717) is 6.04 Å². The molecule has 2 fully saturated rings. The first-order valence-electron chi connectivity index (χ1n) is 8.21. The van der Waals surface area contributed by atoms with Crippen molar-refractivity contribution in [2.45, 2.75) is 58.7 Å². The molecule has 3 rings (SSSR count). The van der Waals surface area contributed by atoms with Crippen LogP contribution in [0, 0.1) is 11.8 Å². The Morgan fingerprint density at radius 3 is 2.40 bits per heavy atom. The standard InChI is InChI=1S/C17H28N2O/c1-13(2)18-9-16-7-8-20-17(16)12-19(10-14-3-4-14)11-15-5-6-15/h7-8,13-15,18H,3-6,9-12H2,1-2H3. The third-order valence-corrected chi connectivity index (χ3v) is 4.33. The monoisotopic (exact) mass is 276 g/mol. The number of rotatable bonds is 9. The molecule has 0 aromatic carbocycles. The Morgan fingerprint density at radius 2 is 1.85 bits per heavy atom. The van der Waals surface area contributed by atoms with Crippen LogP contribution < -0.4 is 5.32 Å². The van der Waals surface area contributed by atoms with E-state index < -0.39 is 0 Å². The van der Waals surface area contributed by atoms with Crippen LogP contribution >= 0.6 is 0 Å². The van der Waals surface area contributed by atoms with E-state index in [0.717, 1.165) is 24.9 Å². The van der Waals surface area contributed by atoms with E-state index in [2.05, 4.69) is 30.1 Å². The highest BCUT2D eigenvalue weighted by Gasteiger charge is 2.29. The third-order valence-electron chi connectivity index (χ3n) is 4.33. The van der Waals surface area contributed by atoms with Crippen molar-refractivity contribution >= 4 is 0 Å². The highest BCUT2D eigenvalue weighted by molar-refractivity contribution is 5.17. The lowest BCUT2D eigenvalue weighted by atomic mass is 10.2. The zero-order chi connectivity index (χ0) is 13.9. The van der Waals surface area contributed by atoms with Crippen molar-refractivity contribution in [3.8, 4) is 0 Å². The Hall–Kier alpha value is -0.800. The second-order valence-electron chi connectivity index (χ2n) is 6.99. The Kier molecular flexibility index (Phi) is 4.47. The summed E-state index contributed by atoms with van der Waals surface area (Å²) in [5.41, 5.74) is 1.33. The van der Waals surface area contributed by atoms with Crippen molar-refractivity contribution in [3.05, 3.63) is 23.7 Å². The van der Waals surface area contributed by atoms with Crippen LogP contribution in [-0.4, -0.2) is 24.0 Å². The SMILES string of the molecule is CC(C)NCc1ccoc1CN(CC1CC1)CC1CC1. The van der Waals surface area contributed by atoms with Gasteiger partial charge in [-0.15, -0.1) is 0 Å². The largest absolute Gasteiger partial charge is 0.468 e. The van der Waals surface area contributed by atoms with Gasteiger partial charge in [0.2, 0.25) is 0 Å². The topological polar surface area (TPSA) is 28.4 Å². The van der Waals surface area contributed by atoms with E-state index in [9.17, 15) is 0 Å². The van der Waals surface area contributed by atoms with Crippen LogP contribution in [0.1, 0.15) is 50.9 Å². The van der Waals surface area contributed by atoms with Gasteiger partial charge in [0.1, 0.15) is 5.76 Å². The maximum Gasteiger partial charge on any atom is 0.122 e. The summed E-state index contributed by atoms with van der Waals surface area (Å²) in [6.45, 7) is 8.83. The molecule has 3 heteroatoms. The van der Waals surface area contributed by atoms with Crippen LogP contribution in [0.4, 0.5) is 0 Å². The molecule has 0 saturated heterocycles. The molecule has 2 aliphatic carbocycles. The van der Waals surface area contributed by atoms with E-state index in [1.165, 1.54) is 50.1 Å². The van der Waals surface area contributed by atoms with Crippen LogP contribution in [0.2, 0.25) is 0 Å². The highest BCUT2D eigenvalue weighted by atomic mass is 16.3. The van der Waals surface area contributed by atoms with E-state index in [-0.39, 0.29) is 0 Å². The quantitative estimate of drug-likeness (QED) is 0.749. The van der Waals surface area contributed by atoms with Gasteiger partial charge in [0, 0.05) is 31.2 Å². The second kappa shape index (κ2) is 6.31. The fourth-order valence-electron chi connectivity index (χ4n) is 2.72. The Balaban J connectivity index is 1.56. The van der Waals surface area contributed by atoms with Crippen molar-refractivity contribution < 1.29 is 4.42 Å². The van der Waals surface area contributed by atoms with Gasteiger partial charge in [-0.2, -0.15) is 0 Å². The molecular formula is C17H28N2O. The molecule has 112 valence electrons. The molecule has 0 amide bonds. The molecular weight excluding hydrogens is 248 g/mol. The highest BCUT2D eigenvalue weighted by Crippen LogP contribution is 2.34. The molecule has 2 saturated carbocycles. The smallest absolute Gasteiger partial charge is 0.122 e. The molecule has 0 atom stereocenters. The maximum absolute atomic E-state index is 5.75. The number of hydrogen-bond acceptors (Lipinski definition) is 3. The van der Waals surface area contributed by atoms with Gasteiger partial charge in [-0.25, -0.2) is 0 Å². The van der Waals surface area contributed by atoms with Crippen molar-refractivity contribution in [1.82, 2.24) is 10.2 Å². The molecule has 0 radical (unpaired) electrons. The van der Waals surface area contributed by atoms with Crippen molar-refractivity contribution in [3.63, 3.8) is 0 Å². The van der Waals surface area contributed by atoms with Crippen LogP contribution in [0.5, 0.6) is 0 Å². The van der Waals surface area contributed by atoms with Gasteiger partial charge < -0.3 is 9.73 Å². The first kappa shape index (κ1) is 14.2. The zero-order valence-electron chi connectivity index (χ0n) is 12.9. The summed E-state index contributed by atoms with van der Waals surface area (Å²) in [5, 5.41) is 3.49. The van der Waals surface area contributed by atoms with E-state index in [4.69, 9.17) is 4.42 Å². The molecule has 1 N–H and O–H groups in total. The lowest BCUT2D eigenvalue weighted by Gasteiger charge is -2.21. The number of nitrogens with zero attached hydrogens (tertiary/aromatic N) is 1. The van der Waals surface area contributed by atoms with E-state index in [1.54, 1.807) is 0 Å². The van der Waals surface area contributed by atoms with Gasteiger partial charge in [0.15, 0.2) is 0 Å². The number of nitrogens with one attached hydrogen (secondary N) is 1. The van der Waals surface area contributed by atoms with E-state index in [1.807, 2.05) is 6.26 Å². The maximum atomic E-state index is 5.75. The normalized spacial score (nSPS) is 19.2. The fraction of sp³-hybridized carbons (Fsp3) is 0.765. The summed E-state index contributed by atoms with van der Waals surface area (Å²) < 4.78 is 5.75. The molecule has 20 heavy (non-hydrogen) atoms. The molecule has 1 aromatic heterocycles. The third kappa shape index (κ3) is 4.35. The summed E-state index contributed by atoms with van der Waals surface area (Å²) >= 11 is 0. The molecule has 0 unspecified atom stereocenters. The molecule has 1 aromatic rings. The average Bonchev–Trinajstić information content (AvgIpc) is 3.31. The molecule has 0 spiro atoms. The minimum atomic E-state index is 0.520. The number of furan rings is 1. The predicted molar refractivity (Wildman–Crippen MR) is 81.4 cm³/mol. The summed E-state index contributed by atoms with van der Waals surface area (Å²) in [4.78, 5) is 2.63. The van der Waals surface area contributed by atoms with Gasteiger partial charge in [0.25, 0.3) is 0 Å². The van der Waals surface area contributed by atoms with Crippen molar-refractivity contribution in [2.24, 2.45) is 11.8 Å². The van der Waals surface area contributed by atoms with Crippen molar-refractivity contribution in [1.29, 1.82) is 0 Å². The summed E-state index contributed by atoms with van der Waals surface area (Å²) in [6.07, 6.45) is 7.57. The first-order valence-corrected chi connectivity index (χ1v) is 8.21. The van der Waals surface area contributed by atoms with Gasteiger partial charge in [0.05, 0.1) is 12.8 Å². The lowest BCUT2D eigenvalue weighted by Crippen LogP contribution is -2.29. The van der Waals surface area contributed by atoms with Crippen LogP contribution in [-0.2, 0) is 13.1 Å².